The second kappa shape index (κ2) is 6.08. The highest BCUT2D eigenvalue weighted by atomic mass is 79.9. The van der Waals surface area contributed by atoms with Crippen molar-refractivity contribution in [1.82, 2.24) is 4.98 Å². The van der Waals surface area contributed by atoms with Crippen LogP contribution in [0.4, 0.5) is 5.69 Å². The number of hydrogen-bond donors (Lipinski definition) is 2. The lowest BCUT2D eigenvalue weighted by Crippen LogP contribution is -2.11. The van der Waals surface area contributed by atoms with E-state index in [4.69, 9.17) is 11.5 Å². The molecule has 0 spiro atoms. The molecule has 0 aliphatic rings. The number of nitrogens with zero attached hydrogens (tertiary/aromatic N) is 1. The average Bonchev–Trinajstić information content (AvgIpc) is 2.39. The highest BCUT2D eigenvalue weighted by Crippen LogP contribution is 2.25. The number of aromatic nitrogens is 1. The van der Waals surface area contributed by atoms with E-state index in [0.29, 0.717) is 17.0 Å². The molecule has 19 heavy (non-hydrogen) atoms. The van der Waals surface area contributed by atoms with Crippen LogP contribution in [-0.4, -0.2) is 10.9 Å². The van der Waals surface area contributed by atoms with Gasteiger partial charge in [0.05, 0.1) is 5.03 Å². The van der Waals surface area contributed by atoms with Crippen LogP contribution in [0.1, 0.15) is 15.9 Å². The number of nitrogens with two attached hydrogens (primary N) is 2. The number of benzene rings is 1. The van der Waals surface area contributed by atoms with Gasteiger partial charge in [-0.1, -0.05) is 6.07 Å². The molecule has 98 valence electrons. The molecule has 1 amide bonds. The van der Waals surface area contributed by atoms with Gasteiger partial charge in [0.15, 0.2) is 0 Å². The summed E-state index contributed by atoms with van der Waals surface area (Å²) in [7, 11) is 0. The topological polar surface area (TPSA) is 82.0 Å². The second-order valence-corrected chi connectivity index (χ2v) is 5.79. The number of halogens is 1. The van der Waals surface area contributed by atoms with Gasteiger partial charge in [0.1, 0.15) is 0 Å². The van der Waals surface area contributed by atoms with Crippen molar-refractivity contribution in [3.05, 3.63) is 52.1 Å². The molecule has 0 saturated heterocycles. The molecule has 1 aromatic carbocycles. The van der Waals surface area contributed by atoms with E-state index in [-0.39, 0.29) is 0 Å². The fraction of sp³-hybridized carbons (Fsp3) is 0.0769. The van der Waals surface area contributed by atoms with E-state index in [1.807, 2.05) is 18.2 Å². The highest BCUT2D eigenvalue weighted by Gasteiger charge is 2.06. The maximum absolute atomic E-state index is 11.0. The highest BCUT2D eigenvalue weighted by molar-refractivity contribution is 9.10. The molecule has 2 rings (SSSR count). The number of amides is 1. The van der Waals surface area contributed by atoms with Crippen molar-refractivity contribution in [2.45, 2.75) is 10.8 Å². The summed E-state index contributed by atoms with van der Waals surface area (Å²) in [4.78, 5) is 15.3. The molecule has 0 aliphatic heterocycles. The maximum atomic E-state index is 11.0. The smallest absolute Gasteiger partial charge is 0.248 e. The summed E-state index contributed by atoms with van der Waals surface area (Å²) >= 11 is 4.92. The molecule has 1 heterocycles. The Bertz CT molecular complexity index is 601. The molecule has 2 aromatic rings. The summed E-state index contributed by atoms with van der Waals surface area (Å²) in [5.41, 5.74) is 13.0. The van der Waals surface area contributed by atoms with Crippen LogP contribution in [0, 0.1) is 0 Å². The second-order valence-electron chi connectivity index (χ2n) is 3.88. The van der Waals surface area contributed by atoms with Crippen LogP contribution in [0.15, 0.2) is 46.0 Å². The SMILES string of the molecule is NC(=O)c1ccc(CSc2ccc(Br)cn2)c(N)c1. The van der Waals surface area contributed by atoms with Crippen LogP contribution in [0.5, 0.6) is 0 Å². The number of nitrogen functional groups attached to an aromatic ring is 1. The van der Waals surface area contributed by atoms with E-state index in [1.165, 1.54) is 0 Å². The summed E-state index contributed by atoms with van der Waals surface area (Å²) in [6.45, 7) is 0. The third-order valence-corrected chi connectivity index (χ3v) is 3.97. The lowest BCUT2D eigenvalue weighted by Gasteiger charge is -2.06. The van der Waals surface area contributed by atoms with Crippen LogP contribution in [-0.2, 0) is 5.75 Å². The van der Waals surface area contributed by atoms with Crippen molar-refractivity contribution >= 4 is 39.3 Å². The number of rotatable bonds is 4. The minimum Gasteiger partial charge on any atom is -0.398 e. The van der Waals surface area contributed by atoms with Gasteiger partial charge >= 0.3 is 0 Å². The molecule has 0 fully saturated rings. The molecule has 6 heteroatoms. The molecule has 1 aromatic heterocycles. The van der Waals surface area contributed by atoms with Gasteiger partial charge < -0.3 is 11.5 Å². The zero-order chi connectivity index (χ0) is 13.8. The normalized spacial score (nSPS) is 10.4. The molecular formula is C13H12BrN3OS. The van der Waals surface area contributed by atoms with Gasteiger partial charge in [-0.15, -0.1) is 11.8 Å². The Balaban J connectivity index is 2.07. The number of pyridine rings is 1. The number of primary amides is 1. The van der Waals surface area contributed by atoms with Crippen LogP contribution in [0.25, 0.3) is 0 Å². The number of carbonyl (C=O) groups excluding carboxylic acids is 1. The predicted molar refractivity (Wildman–Crippen MR) is 80.9 cm³/mol. The molecule has 4 N–H and O–H groups in total. The van der Waals surface area contributed by atoms with Crippen molar-refractivity contribution in [2.24, 2.45) is 5.73 Å². The Morgan fingerprint density at radius 3 is 2.68 bits per heavy atom. The van der Waals surface area contributed by atoms with Crippen molar-refractivity contribution < 1.29 is 4.79 Å². The fourth-order valence-electron chi connectivity index (χ4n) is 1.48. The summed E-state index contributed by atoms with van der Waals surface area (Å²) in [5.74, 6) is 0.222. The van der Waals surface area contributed by atoms with Gasteiger partial charge in [-0.2, -0.15) is 0 Å². The third-order valence-electron chi connectivity index (χ3n) is 2.51. The first-order chi connectivity index (χ1) is 9.06. The Morgan fingerprint density at radius 1 is 1.32 bits per heavy atom. The number of carbonyl (C=O) groups is 1. The van der Waals surface area contributed by atoms with Crippen molar-refractivity contribution in [1.29, 1.82) is 0 Å². The van der Waals surface area contributed by atoms with Gasteiger partial charge in [0, 0.05) is 27.7 Å². The van der Waals surface area contributed by atoms with E-state index >= 15 is 0 Å². The van der Waals surface area contributed by atoms with Gasteiger partial charge in [0.25, 0.3) is 0 Å². The van der Waals surface area contributed by atoms with Crippen molar-refractivity contribution in [3.8, 4) is 0 Å². The minimum absolute atomic E-state index is 0.424. The largest absolute Gasteiger partial charge is 0.398 e. The molecule has 0 unspecified atom stereocenters. The molecule has 0 bridgehead atoms. The van der Waals surface area contributed by atoms with Gasteiger partial charge in [-0.05, 0) is 45.8 Å². The first-order valence-corrected chi connectivity index (χ1v) is 7.26. The molecule has 4 nitrogen and oxygen atoms in total. The molecule has 0 radical (unpaired) electrons. The molecule has 0 saturated carbocycles. The Morgan fingerprint density at radius 2 is 2.11 bits per heavy atom. The van der Waals surface area contributed by atoms with E-state index in [2.05, 4.69) is 20.9 Å². The Hall–Kier alpha value is -1.53. The molecular weight excluding hydrogens is 326 g/mol. The van der Waals surface area contributed by atoms with Crippen LogP contribution in [0.3, 0.4) is 0 Å². The first-order valence-electron chi connectivity index (χ1n) is 5.49. The average molecular weight is 338 g/mol. The monoisotopic (exact) mass is 337 g/mol. The first kappa shape index (κ1) is 13.9. The van der Waals surface area contributed by atoms with Gasteiger partial charge in [-0.25, -0.2) is 4.98 Å². The summed E-state index contributed by atoms with van der Waals surface area (Å²) in [5, 5.41) is 0.918. The Labute approximate surface area is 123 Å². The number of thioether (sulfide) groups is 1. The maximum Gasteiger partial charge on any atom is 0.248 e. The van der Waals surface area contributed by atoms with Crippen LogP contribution >= 0.6 is 27.7 Å². The van der Waals surface area contributed by atoms with E-state index in [1.54, 1.807) is 30.1 Å². The quantitative estimate of drug-likeness (QED) is 0.663. The lowest BCUT2D eigenvalue weighted by atomic mass is 10.1. The van der Waals surface area contributed by atoms with Crippen molar-refractivity contribution in [2.75, 3.05) is 5.73 Å². The molecule has 0 aliphatic carbocycles. The summed E-state index contributed by atoms with van der Waals surface area (Å²) in [6, 6.07) is 8.98. The van der Waals surface area contributed by atoms with E-state index in [0.717, 1.165) is 15.1 Å². The van der Waals surface area contributed by atoms with Crippen LogP contribution in [0.2, 0.25) is 0 Å². The standard InChI is InChI=1S/C13H12BrN3OS/c14-10-3-4-12(17-6-10)19-7-9-2-1-8(13(16)18)5-11(9)15/h1-6H,7,15H2,(H2,16,18). The summed E-state index contributed by atoms with van der Waals surface area (Å²) < 4.78 is 0.946. The van der Waals surface area contributed by atoms with E-state index < -0.39 is 5.91 Å². The zero-order valence-corrected chi connectivity index (χ0v) is 12.4. The van der Waals surface area contributed by atoms with Crippen LogP contribution < -0.4 is 11.5 Å². The lowest BCUT2D eigenvalue weighted by molar-refractivity contribution is 0.100. The van der Waals surface area contributed by atoms with Crippen molar-refractivity contribution in [3.63, 3.8) is 0 Å². The zero-order valence-electron chi connectivity index (χ0n) is 9.97. The number of anilines is 1. The van der Waals surface area contributed by atoms with E-state index in [9.17, 15) is 4.79 Å². The molecule has 0 atom stereocenters. The number of hydrogen-bond acceptors (Lipinski definition) is 4. The fourth-order valence-corrected chi connectivity index (χ4v) is 2.57. The summed E-state index contributed by atoms with van der Waals surface area (Å²) in [6.07, 6.45) is 1.75. The predicted octanol–water partition coefficient (Wildman–Crippen LogP) is 2.82. The Kier molecular flexibility index (Phi) is 4.44. The van der Waals surface area contributed by atoms with Gasteiger partial charge in [-0.3, -0.25) is 4.79 Å². The minimum atomic E-state index is -0.472. The van der Waals surface area contributed by atoms with Gasteiger partial charge in [0.2, 0.25) is 5.91 Å². The third kappa shape index (κ3) is 3.71.